The first-order valence-corrected chi connectivity index (χ1v) is 6.58. The summed E-state index contributed by atoms with van der Waals surface area (Å²) in [5.41, 5.74) is 2.09. The first kappa shape index (κ1) is 13.0. The normalized spacial score (nSPS) is 10.4. The molecule has 0 aliphatic rings. The molecule has 2 rings (SSSR count). The van der Waals surface area contributed by atoms with Crippen LogP contribution >= 0.6 is 15.9 Å². The molecule has 0 unspecified atom stereocenters. The summed E-state index contributed by atoms with van der Waals surface area (Å²) in [6, 6.07) is 10.9. The molecule has 0 spiro atoms. The lowest BCUT2D eigenvalue weighted by atomic mass is 10.1. The number of halogens is 3. The quantitative estimate of drug-likeness (QED) is 0.747. The van der Waals surface area contributed by atoms with Crippen LogP contribution in [-0.2, 0) is 5.33 Å². The van der Waals surface area contributed by atoms with Crippen molar-refractivity contribution in [1.82, 2.24) is 0 Å². The average Bonchev–Trinajstić information content (AvgIpc) is 2.38. The van der Waals surface area contributed by atoms with E-state index in [-0.39, 0.29) is 11.6 Å². The molecule has 2 aromatic carbocycles. The van der Waals surface area contributed by atoms with E-state index in [1.54, 1.807) is 30.1 Å². The Morgan fingerprint density at radius 1 is 1.06 bits per heavy atom. The summed E-state index contributed by atoms with van der Waals surface area (Å²) in [4.78, 5) is 1.71. The summed E-state index contributed by atoms with van der Waals surface area (Å²) in [6.45, 7) is 0. The van der Waals surface area contributed by atoms with Gasteiger partial charge in [0.15, 0.2) is 0 Å². The van der Waals surface area contributed by atoms with Crippen molar-refractivity contribution in [2.45, 2.75) is 5.33 Å². The highest BCUT2D eigenvalue weighted by molar-refractivity contribution is 9.08. The molecule has 0 fully saturated rings. The van der Waals surface area contributed by atoms with E-state index < -0.39 is 0 Å². The van der Waals surface area contributed by atoms with Crippen LogP contribution in [0, 0.1) is 11.6 Å². The van der Waals surface area contributed by atoms with Crippen LogP contribution in [0.1, 0.15) is 5.56 Å². The van der Waals surface area contributed by atoms with Gasteiger partial charge in [0, 0.05) is 18.1 Å². The van der Waals surface area contributed by atoms with Crippen molar-refractivity contribution in [2.24, 2.45) is 0 Å². The minimum atomic E-state index is -0.304. The summed E-state index contributed by atoms with van der Waals surface area (Å²) < 4.78 is 26.8. The van der Waals surface area contributed by atoms with Crippen LogP contribution in [0.2, 0.25) is 0 Å². The standard InChI is InChI=1S/C14H12BrF2N/c1-18(12-7-5-11(16)6-8-12)14-10(9-15)3-2-4-13(14)17/h2-8H,9H2,1H3. The third kappa shape index (κ3) is 2.53. The number of benzene rings is 2. The van der Waals surface area contributed by atoms with Crippen LogP contribution in [0.4, 0.5) is 20.2 Å². The molecule has 94 valence electrons. The second kappa shape index (κ2) is 5.48. The van der Waals surface area contributed by atoms with Crippen molar-refractivity contribution in [3.8, 4) is 0 Å². The van der Waals surface area contributed by atoms with Crippen molar-refractivity contribution >= 4 is 27.3 Å². The first-order chi connectivity index (χ1) is 8.63. The number of para-hydroxylation sites is 1. The van der Waals surface area contributed by atoms with Gasteiger partial charge < -0.3 is 4.90 Å². The van der Waals surface area contributed by atoms with E-state index in [0.717, 1.165) is 11.3 Å². The molecule has 1 nitrogen and oxygen atoms in total. The number of rotatable bonds is 3. The highest BCUT2D eigenvalue weighted by Crippen LogP contribution is 2.31. The molecule has 0 amide bonds. The van der Waals surface area contributed by atoms with Gasteiger partial charge in [-0.2, -0.15) is 0 Å². The van der Waals surface area contributed by atoms with Crippen molar-refractivity contribution in [1.29, 1.82) is 0 Å². The molecule has 0 heterocycles. The van der Waals surface area contributed by atoms with E-state index in [0.29, 0.717) is 11.0 Å². The van der Waals surface area contributed by atoms with E-state index in [9.17, 15) is 8.78 Å². The third-order valence-electron chi connectivity index (χ3n) is 2.76. The Bertz CT molecular complexity index is 540. The number of alkyl halides is 1. The Labute approximate surface area is 113 Å². The zero-order valence-electron chi connectivity index (χ0n) is 9.83. The highest BCUT2D eigenvalue weighted by Gasteiger charge is 2.13. The predicted molar refractivity (Wildman–Crippen MR) is 73.5 cm³/mol. The topological polar surface area (TPSA) is 3.24 Å². The summed E-state index contributed by atoms with van der Waals surface area (Å²) >= 11 is 3.34. The molecular formula is C14H12BrF2N. The van der Waals surface area contributed by atoms with Gasteiger partial charge in [-0.05, 0) is 35.9 Å². The van der Waals surface area contributed by atoms with Gasteiger partial charge in [0.25, 0.3) is 0 Å². The molecule has 2 aromatic rings. The summed E-state index contributed by atoms with van der Waals surface area (Å²) in [5.74, 6) is -0.597. The smallest absolute Gasteiger partial charge is 0.147 e. The second-order valence-electron chi connectivity index (χ2n) is 3.92. The molecular weight excluding hydrogens is 300 g/mol. The highest BCUT2D eigenvalue weighted by atomic mass is 79.9. The molecule has 0 aliphatic carbocycles. The van der Waals surface area contributed by atoms with Gasteiger partial charge in [-0.15, -0.1) is 0 Å². The van der Waals surface area contributed by atoms with Crippen molar-refractivity contribution in [3.05, 3.63) is 59.7 Å². The Morgan fingerprint density at radius 2 is 1.72 bits per heavy atom. The van der Waals surface area contributed by atoms with Crippen LogP contribution in [-0.4, -0.2) is 7.05 Å². The number of hydrogen-bond donors (Lipinski definition) is 0. The van der Waals surface area contributed by atoms with Gasteiger partial charge >= 0.3 is 0 Å². The lowest BCUT2D eigenvalue weighted by Crippen LogP contribution is -2.13. The summed E-state index contributed by atoms with van der Waals surface area (Å²) in [7, 11) is 1.76. The van der Waals surface area contributed by atoms with E-state index in [2.05, 4.69) is 15.9 Å². The number of nitrogens with zero attached hydrogens (tertiary/aromatic N) is 1. The van der Waals surface area contributed by atoms with Crippen molar-refractivity contribution in [3.63, 3.8) is 0 Å². The van der Waals surface area contributed by atoms with E-state index in [4.69, 9.17) is 0 Å². The monoisotopic (exact) mass is 311 g/mol. The van der Waals surface area contributed by atoms with E-state index >= 15 is 0 Å². The Balaban J connectivity index is 2.45. The van der Waals surface area contributed by atoms with Crippen molar-refractivity contribution < 1.29 is 8.78 Å². The maximum atomic E-state index is 13.9. The fourth-order valence-corrected chi connectivity index (χ4v) is 2.29. The molecule has 18 heavy (non-hydrogen) atoms. The summed E-state index contributed by atoms with van der Waals surface area (Å²) in [5, 5.41) is 0.561. The molecule has 0 N–H and O–H groups in total. The molecule has 0 bridgehead atoms. The second-order valence-corrected chi connectivity index (χ2v) is 4.48. The minimum absolute atomic E-state index is 0.293. The van der Waals surface area contributed by atoms with Gasteiger partial charge in [0.1, 0.15) is 11.6 Å². The van der Waals surface area contributed by atoms with Gasteiger partial charge in [-0.25, -0.2) is 8.78 Å². The number of hydrogen-bond acceptors (Lipinski definition) is 1. The van der Waals surface area contributed by atoms with Gasteiger partial charge in [-0.1, -0.05) is 28.1 Å². The summed E-state index contributed by atoms with van der Waals surface area (Å²) in [6.07, 6.45) is 0. The fraction of sp³-hybridized carbons (Fsp3) is 0.143. The molecule has 4 heteroatoms. The molecule has 0 aromatic heterocycles. The van der Waals surface area contributed by atoms with Crippen LogP contribution in [0.15, 0.2) is 42.5 Å². The Kier molecular flexibility index (Phi) is 3.97. The first-order valence-electron chi connectivity index (χ1n) is 5.46. The molecule has 0 saturated heterocycles. The SMILES string of the molecule is CN(c1ccc(F)cc1)c1c(F)cccc1CBr. The maximum absolute atomic E-state index is 13.9. The molecule has 0 atom stereocenters. The van der Waals surface area contributed by atoms with E-state index in [1.807, 2.05) is 6.07 Å². The largest absolute Gasteiger partial charge is 0.342 e. The van der Waals surface area contributed by atoms with Gasteiger partial charge in [0.2, 0.25) is 0 Å². The predicted octanol–water partition coefficient (Wildman–Crippen LogP) is 4.63. The zero-order chi connectivity index (χ0) is 13.1. The van der Waals surface area contributed by atoms with Gasteiger partial charge in [0.05, 0.1) is 5.69 Å². The molecule has 0 radical (unpaired) electrons. The van der Waals surface area contributed by atoms with Crippen LogP contribution < -0.4 is 4.90 Å². The lowest BCUT2D eigenvalue weighted by molar-refractivity contribution is 0.625. The van der Waals surface area contributed by atoms with Crippen LogP contribution in [0.3, 0.4) is 0 Å². The van der Waals surface area contributed by atoms with Crippen molar-refractivity contribution in [2.75, 3.05) is 11.9 Å². The number of anilines is 2. The third-order valence-corrected chi connectivity index (χ3v) is 3.37. The molecule has 0 saturated carbocycles. The van der Waals surface area contributed by atoms with Crippen LogP contribution in [0.25, 0.3) is 0 Å². The van der Waals surface area contributed by atoms with Gasteiger partial charge in [-0.3, -0.25) is 0 Å². The average molecular weight is 312 g/mol. The molecule has 0 aliphatic heterocycles. The zero-order valence-corrected chi connectivity index (χ0v) is 11.4. The Hall–Kier alpha value is -1.42. The van der Waals surface area contributed by atoms with Crippen LogP contribution in [0.5, 0.6) is 0 Å². The Morgan fingerprint density at radius 3 is 2.33 bits per heavy atom. The lowest BCUT2D eigenvalue weighted by Gasteiger charge is -2.22. The maximum Gasteiger partial charge on any atom is 0.147 e. The minimum Gasteiger partial charge on any atom is -0.342 e. The van der Waals surface area contributed by atoms with E-state index in [1.165, 1.54) is 18.2 Å². The fourth-order valence-electron chi connectivity index (χ4n) is 1.84.